The van der Waals surface area contributed by atoms with Crippen LogP contribution in [0.15, 0.2) is 35.1 Å². The molecule has 4 N–H and O–H groups in total. The third-order valence-corrected chi connectivity index (χ3v) is 2.84. The second kappa shape index (κ2) is 5.68. The lowest BCUT2D eigenvalue weighted by Crippen LogP contribution is -2.26. The van der Waals surface area contributed by atoms with Crippen LogP contribution in [-0.4, -0.2) is 22.4 Å². The van der Waals surface area contributed by atoms with Crippen molar-refractivity contribution in [1.29, 1.82) is 0 Å². The standard InChI is InChI=1S/C12H13BrN4O/c13-9-5-8(6-10(14)7-9)12(18)17-2-1-11-15-3-4-16-11/h3-7H,1-2,14H2,(H,15,16)(H,17,18). The number of nitrogens with one attached hydrogen (secondary N) is 2. The predicted molar refractivity (Wildman–Crippen MR) is 73.2 cm³/mol. The van der Waals surface area contributed by atoms with Gasteiger partial charge < -0.3 is 16.0 Å². The van der Waals surface area contributed by atoms with Crippen LogP contribution in [0.5, 0.6) is 0 Å². The Morgan fingerprint density at radius 1 is 1.44 bits per heavy atom. The summed E-state index contributed by atoms with van der Waals surface area (Å²) < 4.78 is 0.790. The molecule has 1 aromatic carbocycles. The largest absolute Gasteiger partial charge is 0.399 e. The number of carbonyl (C=O) groups excluding carboxylic acids is 1. The summed E-state index contributed by atoms with van der Waals surface area (Å²) >= 11 is 3.31. The third kappa shape index (κ3) is 3.33. The van der Waals surface area contributed by atoms with Gasteiger partial charge in [-0.1, -0.05) is 15.9 Å². The molecule has 94 valence electrons. The Morgan fingerprint density at radius 3 is 2.94 bits per heavy atom. The topological polar surface area (TPSA) is 83.8 Å². The predicted octanol–water partition coefficient (Wildman–Crippen LogP) is 1.73. The van der Waals surface area contributed by atoms with E-state index in [9.17, 15) is 4.79 Å². The molecule has 2 rings (SSSR count). The number of halogens is 1. The molecular weight excluding hydrogens is 296 g/mol. The zero-order chi connectivity index (χ0) is 13.0. The van der Waals surface area contributed by atoms with Gasteiger partial charge in [0.2, 0.25) is 0 Å². The van der Waals surface area contributed by atoms with E-state index < -0.39 is 0 Å². The van der Waals surface area contributed by atoms with Gasteiger partial charge in [0.15, 0.2) is 0 Å². The van der Waals surface area contributed by atoms with Crippen LogP contribution in [0.1, 0.15) is 16.2 Å². The van der Waals surface area contributed by atoms with Gasteiger partial charge in [0.25, 0.3) is 5.91 Å². The Bertz CT molecular complexity index is 519. The molecule has 0 aliphatic heterocycles. The van der Waals surface area contributed by atoms with Crippen LogP contribution in [0.25, 0.3) is 0 Å². The van der Waals surface area contributed by atoms with Crippen LogP contribution >= 0.6 is 15.9 Å². The number of nitrogen functional groups attached to an aromatic ring is 1. The second-order valence-electron chi connectivity index (χ2n) is 3.82. The molecule has 1 amide bonds. The molecule has 0 saturated carbocycles. The van der Waals surface area contributed by atoms with E-state index in [4.69, 9.17) is 5.73 Å². The molecular formula is C12H13BrN4O. The van der Waals surface area contributed by atoms with E-state index in [0.717, 1.165) is 10.3 Å². The van der Waals surface area contributed by atoms with Crippen molar-refractivity contribution in [1.82, 2.24) is 15.3 Å². The minimum Gasteiger partial charge on any atom is -0.399 e. The zero-order valence-corrected chi connectivity index (χ0v) is 11.2. The molecule has 1 heterocycles. The van der Waals surface area contributed by atoms with Crippen molar-refractivity contribution in [3.63, 3.8) is 0 Å². The van der Waals surface area contributed by atoms with Crippen molar-refractivity contribution >= 4 is 27.5 Å². The van der Waals surface area contributed by atoms with Crippen molar-refractivity contribution in [3.8, 4) is 0 Å². The number of rotatable bonds is 4. The molecule has 0 aliphatic rings. The summed E-state index contributed by atoms with van der Waals surface area (Å²) in [4.78, 5) is 18.9. The second-order valence-corrected chi connectivity index (χ2v) is 4.73. The van der Waals surface area contributed by atoms with Crippen molar-refractivity contribution in [2.24, 2.45) is 0 Å². The molecule has 0 atom stereocenters. The van der Waals surface area contributed by atoms with Crippen molar-refractivity contribution in [3.05, 3.63) is 46.5 Å². The highest BCUT2D eigenvalue weighted by Gasteiger charge is 2.07. The average molecular weight is 309 g/mol. The summed E-state index contributed by atoms with van der Waals surface area (Å²) in [5, 5.41) is 2.82. The van der Waals surface area contributed by atoms with E-state index in [2.05, 4.69) is 31.2 Å². The number of carbonyl (C=O) groups is 1. The number of amides is 1. The minimum atomic E-state index is -0.144. The monoisotopic (exact) mass is 308 g/mol. The molecule has 6 heteroatoms. The van der Waals surface area contributed by atoms with E-state index in [1.807, 2.05) is 0 Å². The zero-order valence-electron chi connectivity index (χ0n) is 9.61. The van der Waals surface area contributed by atoms with Gasteiger partial charge in [0, 0.05) is 41.1 Å². The lowest BCUT2D eigenvalue weighted by atomic mass is 10.2. The summed E-state index contributed by atoms with van der Waals surface area (Å²) in [5.41, 5.74) is 6.78. The van der Waals surface area contributed by atoms with Crippen LogP contribution in [0, 0.1) is 0 Å². The molecule has 0 aliphatic carbocycles. The lowest BCUT2D eigenvalue weighted by Gasteiger charge is -2.05. The van der Waals surface area contributed by atoms with Gasteiger partial charge in [0.1, 0.15) is 5.82 Å². The summed E-state index contributed by atoms with van der Waals surface area (Å²) in [6, 6.07) is 5.13. The average Bonchev–Trinajstić information content (AvgIpc) is 2.80. The smallest absolute Gasteiger partial charge is 0.251 e. The fourth-order valence-corrected chi connectivity index (χ4v) is 2.09. The number of hydrogen-bond donors (Lipinski definition) is 3. The molecule has 0 unspecified atom stereocenters. The van der Waals surface area contributed by atoms with Gasteiger partial charge in [-0.05, 0) is 18.2 Å². The molecule has 18 heavy (non-hydrogen) atoms. The summed E-state index contributed by atoms with van der Waals surface area (Å²) in [6.07, 6.45) is 4.11. The molecule has 1 aromatic heterocycles. The molecule has 2 aromatic rings. The van der Waals surface area contributed by atoms with Gasteiger partial charge in [0.05, 0.1) is 0 Å². The number of nitrogens with zero attached hydrogens (tertiary/aromatic N) is 1. The molecule has 0 bridgehead atoms. The van der Waals surface area contributed by atoms with Crippen LogP contribution in [-0.2, 0) is 6.42 Å². The normalized spacial score (nSPS) is 10.3. The number of anilines is 1. The first kappa shape index (κ1) is 12.6. The first-order valence-corrected chi connectivity index (χ1v) is 6.27. The number of aromatic nitrogens is 2. The van der Waals surface area contributed by atoms with Gasteiger partial charge >= 0.3 is 0 Å². The van der Waals surface area contributed by atoms with E-state index in [-0.39, 0.29) is 5.91 Å². The van der Waals surface area contributed by atoms with E-state index in [1.54, 1.807) is 30.6 Å². The van der Waals surface area contributed by atoms with Gasteiger partial charge in [-0.3, -0.25) is 4.79 Å². The number of imidazole rings is 1. The van der Waals surface area contributed by atoms with Crippen LogP contribution in [0.4, 0.5) is 5.69 Å². The van der Waals surface area contributed by atoms with E-state index in [0.29, 0.717) is 24.2 Å². The van der Waals surface area contributed by atoms with Gasteiger partial charge in [-0.25, -0.2) is 4.98 Å². The van der Waals surface area contributed by atoms with Crippen molar-refractivity contribution < 1.29 is 4.79 Å². The van der Waals surface area contributed by atoms with E-state index in [1.165, 1.54) is 0 Å². The lowest BCUT2D eigenvalue weighted by molar-refractivity contribution is 0.0954. The maximum atomic E-state index is 11.9. The highest BCUT2D eigenvalue weighted by molar-refractivity contribution is 9.10. The number of benzene rings is 1. The highest BCUT2D eigenvalue weighted by Crippen LogP contribution is 2.17. The Balaban J connectivity index is 1.91. The Kier molecular flexibility index (Phi) is 3.99. The van der Waals surface area contributed by atoms with Gasteiger partial charge in [-0.2, -0.15) is 0 Å². The van der Waals surface area contributed by atoms with Crippen LogP contribution < -0.4 is 11.1 Å². The van der Waals surface area contributed by atoms with Crippen molar-refractivity contribution in [2.75, 3.05) is 12.3 Å². The molecule has 0 radical (unpaired) electrons. The first-order chi connectivity index (χ1) is 8.65. The summed E-state index contributed by atoms with van der Waals surface area (Å²) in [7, 11) is 0. The third-order valence-electron chi connectivity index (χ3n) is 2.38. The van der Waals surface area contributed by atoms with E-state index >= 15 is 0 Å². The van der Waals surface area contributed by atoms with Crippen LogP contribution in [0.3, 0.4) is 0 Å². The Morgan fingerprint density at radius 2 is 2.28 bits per heavy atom. The number of hydrogen-bond acceptors (Lipinski definition) is 3. The summed E-state index contributed by atoms with van der Waals surface area (Å²) in [5.74, 6) is 0.707. The molecule has 5 nitrogen and oxygen atoms in total. The number of aromatic amines is 1. The van der Waals surface area contributed by atoms with Crippen molar-refractivity contribution in [2.45, 2.75) is 6.42 Å². The molecule has 0 spiro atoms. The quantitative estimate of drug-likeness (QED) is 0.752. The Hall–Kier alpha value is -1.82. The molecule has 0 saturated heterocycles. The SMILES string of the molecule is Nc1cc(Br)cc(C(=O)NCCc2ncc[nH]2)c1. The summed E-state index contributed by atoms with van der Waals surface area (Å²) in [6.45, 7) is 0.527. The maximum Gasteiger partial charge on any atom is 0.251 e. The minimum absolute atomic E-state index is 0.144. The fraction of sp³-hybridized carbons (Fsp3) is 0.167. The molecule has 0 fully saturated rings. The number of nitrogens with two attached hydrogens (primary N) is 1. The maximum absolute atomic E-state index is 11.9. The van der Waals surface area contributed by atoms with Gasteiger partial charge in [-0.15, -0.1) is 0 Å². The fourth-order valence-electron chi connectivity index (χ4n) is 1.57. The highest BCUT2D eigenvalue weighted by atomic mass is 79.9. The van der Waals surface area contributed by atoms with Crippen LogP contribution in [0.2, 0.25) is 0 Å². The first-order valence-electron chi connectivity index (χ1n) is 5.47. The number of H-pyrrole nitrogens is 1. The Labute approximate surface area is 113 Å².